The third-order valence-corrected chi connectivity index (χ3v) is 2.90. The fourth-order valence-corrected chi connectivity index (χ4v) is 1.93. The van der Waals surface area contributed by atoms with Crippen LogP contribution in [0, 0.1) is 5.92 Å². The van der Waals surface area contributed by atoms with Gasteiger partial charge in [-0.25, -0.2) is 13.1 Å². The van der Waals surface area contributed by atoms with Crippen LogP contribution < -0.4 is 10.0 Å². The fourth-order valence-electron chi connectivity index (χ4n) is 1.41. The van der Waals surface area contributed by atoms with Crippen LogP contribution >= 0.6 is 0 Å². The van der Waals surface area contributed by atoms with E-state index in [-0.39, 0.29) is 0 Å². The van der Waals surface area contributed by atoms with Crippen LogP contribution in [0.15, 0.2) is 0 Å². The standard InChI is InChI=1S/C10H24N2O2S/c1-4-6-10(2)9-11-7-5-8-12-15(3,13)14/h10-12H,4-9H2,1-3H3. The normalized spacial score (nSPS) is 14.1. The molecule has 0 bridgehead atoms. The van der Waals surface area contributed by atoms with Crippen molar-refractivity contribution in [1.29, 1.82) is 0 Å². The van der Waals surface area contributed by atoms with E-state index in [0.29, 0.717) is 12.5 Å². The SMILES string of the molecule is CCCC(C)CNCCCNS(C)(=O)=O. The summed E-state index contributed by atoms with van der Waals surface area (Å²) in [4.78, 5) is 0. The Hall–Kier alpha value is -0.130. The highest BCUT2D eigenvalue weighted by molar-refractivity contribution is 7.88. The zero-order valence-corrected chi connectivity index (χ0v) is 10.9. The van der Waals surface area contributed by atoms with Crippen LogP contribution in [0.4, 0.5) is 0 Å². The summed E-state index contributed by atoms with van der Waals surface area (Å²) in [6.07, 6.45) is 4.49. The van der Waals surface area contributed by atoms with Gasteiger partial charge in [-0.15, -0.1) is 0 Å². The molecule has 0 aromatic rings. The maximum Gasteiger partial charge on any atom is 0.208 e. The Morgan fingerprint density at radius 2 is 1.93 bits per heavy atom. The van der Waals surface area contributed by atoms with Gasteiger partial charge in [0.15, 0.2) is 0 Å². The molecule has 0 amide bonds. The Labute approximate surface area is 93.9 Å². The van der Waals surface area contributed by atoms with Crippen molar-refractivity contribution in [2.24, 2.45) is 5.92 Å². The van der Waals surface area contributed by atoms with Gasteiger partial charge in [0.1, 0.15) is 0 Å². The second kappa shape index (κ2) is 8.07. The molecule has 0 aromatic carbocycles. The molecule has 0 aliphatic carbocycles. The summed E-state index contributed by atoms with van der Waals surface area (Å²) in [7, 11) is -3.01. The molecule has 0 aromatic heterocycles. The van der Waals surface area contributed by atoms with E-state index in [1.54, 1.807) is 0 Å². The van der Waals surface area contributed by atoms with E-state index in [9.17, 15) is 8.42 Å². The lowest BCUT2D eigenvalue weighted by atomic mass is 10.1. The predicted molar refractivity (Wildman–Crippen MR) is 64.4 cm³/mol. The lowest BCUT2D eigenvalue weighted by Gasteiger charge is -2.11. The van der Waals surface area contributed by atoms with Crippen molar-refractivity contribution in [3.63, 3.8) is 0 Å². The molecular formula is C10H24N2O2S. The van der Waals surface area contributed by atoms with Gasteiger partial charge in [0.25, 0.3) is 0 Å². The van der Waals surface area contributed by atoms with Gasteiger partial charge >= 0.3 is 0 Å². The van der Waals surface area contributed by atoms with Crippen LogP contribution in [0.25, 0.3) is 0 Å². The molecule has 0 fully saturated rings. The largest absolute Gasteiger partial charge is 0.316 e. The smallest absolute Gasteiger partial charge is 0.208 e. The average molecular weight is 236 g/mol. The lowest BCUT2D eigenvalue weighted by Crippen LogP contribution is -2.28. The number of nitrogens with one attached hydrogen (secondary N) is 2. The van der Waals surface area contributed by atoms with E-state index in [2.05, 4.69) is 23.9 Å². The molecule has 0 saturated heterocycles. The molecule has 0 spiro atoms. The van der Waals surface area contributed by atoms with E-state index >= 15 is 0 Å². The van der Waals surface area contributed by atoms with Crippen molar-refractivity contribution in [3.05, 3.63) is 0 Å². The number of hydrogen-bond donors (Lipinski definition) is 2. The second-order valence-corrected chi connectivity index (χ2v) is 5.95. The Balaban J connectivity index is 3.25. The summed E-state index contributed by atoms with van der Waals surface area (Å²) in [5, 5.41) is 3.32. The van der Waals surface area contributed by atoms with Gasteiger partial charge < -0.3 is 5.32 Å². The molecule has 0 aliphatic heterocycles. The Morgan fingerprint density at radius 1 is 1.27 bits per heavy atom. The third-order valence-electron chi connectivity index (χ3n) is 2.17. The molecule has 1 unspecified atom stereocenters. The summed E-state index contributed by atoms with van der Waals surface area (Å²) < 4.78 is 23.9. The van der Waals surface area contributed by atoms with Crippen molar-refractivity contribution in [2.75, 3.05) is 25.9 Å². The van der Waals surface area contributed by atoms with Crippen LogP contribution in [0.1, 0.15) is 33.1 Å². The predicted octanol–water partition coefficient (Wildman–Crippen LogP) is 0.952. The zero-order chi connectivity index (χ0) is 11.7. The van der Waals surface area contributed by atoms with Crippen LogP contribution in [0.3, 0.4) is 0 Å². The number of hydrogen-bond acceptors (Lipinski definition) is 3. The monoisotopic (exact) mass is 236 g/mol. The summed E-state index contributed by atoms with van der Waals surface area (Å²) in [5.41, 5.74) is 0. The van der Waals surface area contributed by atoms with E-state index in [0.717, 1.165) is 19.5 Å². The number of sulfonamides is 1. The quantitative estimate of drug-likeness (QED) is 0.586. The molecule has 2 N–H and O–H groups in total. The molecule has 1 atom stereocenters. The molecule has 0 saturated carbocycles. The first kappa shape index (κ1) is 14.9. The minimum atomic E-state index is -3.01. The first-order chi connectivity index (χ1) is 6.95. The summed E-state index contributed by atoms with van der Waals surface area (Å²) in [6.45, 7) is 6.83. The van der Waals surface area contributed by atoms with Crippen LogP contribution in [-0.4, -0.2) is 34.3 Å². The first-order valence-electron chi connectivity index (χ1n) is 5.61. The van der Waals surface area contributed by atoms with Crippen molar-refractivity contribution in [1.82, 2.24) is 10.0 Å². The Bertz CT molecular complexity index is 240. The highest BCUT2D eigenvalue weighted by atomic mass is 32.2. The minimum Gasteiger partial charge on any atom is -0.316 e. The Morgan fingerprint density at radius 3 is 2.47 bits per heavy atom. The summed E-state index contributed by atoms with van der Waals surface area (Å²) in [6, 6.07) is 0. The second-order valence-electron chi connectivity index (χ2n) is 4.12. The van der Waals surface area contributed by atoms with E-state index in [1.807, 2.05) is 0 Å². The van der Waals surface area contributed by atoms with Crippen LogP contribution in [0.5, 0.6) is 0 Å². The van der Waals surface area contributed by atoms with Gasteiger partial charge in [0.2, 0.25) is 10.0 Å². The molecule has 5 heteroatoms. The Kier molecular flexibility index (Phi) is 8.00. The number of rotatable bonds is 9. The van der Waals surface area contributed by atoms with Crippen LogP contribution in [0.2, 0.25) is 0 Å². The van der Waals surface area contributed by atoms with E-state index in [4.69, 9.17) is 0 Å². The summed E-state index contributed by atoms with van der Waals surface area (Å²) >= 11 is 0. The first-order valence-corrected chi connectivity index (χ1v) is 7.50. The van der Waals surface area contributed by atoms with E-state index < -0.39 is 10.0 Å². The summed E-state index contributed by atoms with van der Waals surface area (Å²) in [5.74, 6) is 0.706. The molecule has 0 aliphatic rings. The van der Waals surface area contributed by atoms with Crippen LogP contribution in [-0.2, 0) is 10.0 Å². The van der Waals surface area contributed by atoms with Crippen molar-refractivity contribution < 1.29 is 8.42 Å². The van der Waals surface area contributed by atoms with Crippen molar-refractivity contribution in [2.45, 2.75) is 33.1 Å². The third kappa shape index (κ3) is 11.8. The average Bonchev–Trinajstić information content (AvgIpc) is 2.09. The molecule has 0 rings (SSSR count). The molecular weight excluding hydrogens is 212 g/mol. The van der Waals surface area contributed by atoms with Gasteiger partial charge in [-0.05, 0) is 31.8 Å². The van der Waals surface area contributed by atoms with Gasteiger partial charge in [-0.2, -0.15) is 0 Å². The molecule has 4 nitrogen and oxygen atoms in total. The van der Waals surface area contributed by atoms with E-state index in [1.165, 1.54) is 19.1 Å². The lowest BCUT2D eigenvalue weighted by molar-refractivity contribution is 0.472. The van der Waals surface area contributed by atoms with Gasteiger partial charge in [-0.1, -0.05) is 20.3 Å². The highest BCUT2D eigenvalue weighted by Gasteiger charge is 2.00. The fraction of sp³-hybridized carbons (Fsp3) is 1.00. The molecule has 0 radical (unpaired) electrons. The maximum atomic E-state index is 10.7. The zero-order valence-electron chi connectivity index (χ0n) is 10.0. The van der Waals surface area contributed by atoms with Crippen molar-refractivity contribution in [3.8, 4) is 0 Å². The van der Waals surface area contributed by atoms with Gasteiger partial charge in [0.05, 0.1) is 6.26 Å². The van der Waals surface area contributed by atoms with Gasteiger partial charge in [-0.3, -0.25) is 0 Å². The molecule has 0 heterocycles. The van der Waals surface area contributed by atoms with Gasteiger partial charge in [0, 0.05) is 6.54 Å². The maximum absolute atomic E-state index is 10.7. The van der Waals surface area contributed by atoms with Crippen molar-refractivity contribution >= 4 is 10.0 Å². The minimum absolute atomic E-state index is 0.522. The molecule has 92 valence electrons. The topological polar surface area (TPSA) is 58.2 Å². The highest BCUT2D eigenvalue weighted by Crippen LogP contribution is 2.02. The molecule has 15 heavy (non-hydrogen) atoms.